The van der Waals surface area contributed by atoms with Crippen LogP contribution in [0.15, 0.2) is 0 Å². The molecule has 0 aliphatic carbocycles. The van der Waals surface area contributed by atoms with Crippen LogP contribution in [0.1, 0.15) is 12.8 Å². The quantitative estimate of drug-likeness (QED) is 0.535. The van der Waals surface area contributed by atoms with Crippen molar-refractivity contribution in [2.75, 3.05) is 28.4 Å². The van der Waals surface area contributed by atoms with Crippen molar-refractivity contribution in [1.29, 1.82) is 0 Å². The Bertz CT molecular complexity index is 263. The molecule has 0 atom stereocenters. The van der Waals surface area contributed by atoms with Crippen molar-refractivity contribution in [2.24, 2.45) is 0 Å². The summed E-state index contributed by atoms with van der Waals surface area (Å²) in [7, 11) is 2.75. The van der Waals surface area contributed by atoms with Crippen molar-refractivity contribution in [3.63, 3.8) is 0 Å². The largest absolute Gasteiger partial charge is 0.443 e. The lowest BCUT2D eigenvalue weighted by molar-refractivity contribution is -0.395. The van der Waals surface area contributed by atoms with Gasteiger partial charge in [0.2, 0.25) is 0 Å². The second-order valence-electron chi connectivity index (χ2n) is 3.82. The average molecular weight is 314 g/mol. The summed E-state index contributed by atoms with van der Waals surface area (Å²) in [6, 6.07) is 0. The second kappa shape index (κ2) is 6.46. The van der Waals surface area contributed by atoms with Crippen LogP contribution in [0.5, 0.6) is 0 Å². The summed E-state index contributed by atoms with van der Waals surface area (Å²) in [5.74, 6) is -6.33. The van der Waals surface area contributed by atoms with E-state index in [0.717, 1.165) is 0 Å². The van der Waals surface area contributed by atoms with Gasteiger partial charge in [-0.2, -0.15) is 26.3 Å². The number of rotatable bonds is 7. The fourth-order valence-electron chi connectivity index (χ4n) is 1.65. The maximum absolute atomic E-state index is 12.8. The van der Waals surface area contributed by atoms with E-state index in [-0.39, 0.29) is 0 Å². The Labute approximate surface area is 111 Å². The van der Waals surface area contributed by atoms with Gasteiger partial charge in [-0.25, -0.2) is 0 Å². The van der Waals surface area contributed by atoms with Gasteiger partial charge >= 0.3 is 12.4 Å². The molecular formula is C10H16F6O4. The molecular weight excluding hydrogens is 298 g/mol. The molecule has 0 saturated heterocycles. The smallest absolute Gasteiger partial charge is 0.346 e. The Morgan fingerprint density at radius 3 is 0.850 bits per heavy atom. The first-order valence-corrected chi connectivity index (χ1v) is 5.29. The molecule has 0 aromatic heterocycles. The van der Waals surface area contributed by atoms with Crippen molar-refractivity contribution >= 4 is 0 Å². The van der Waals surface area contributed by atoms with Gasteiger partial charge in [-0.3, -0.25) is 0 Å². The summed E-state index contributed by atoms with van der Waals surface area (Å²) < 4.78 is 93.9. The molecule has 20 heavy (non-hydrogen) atoms. The zero-order valence-electron chi connectivity index (χ0n) is 11.3. The van der Waals surface area contributed by atoms with Gasteiger partial charge in [0, 0.05) is 41.3 Å². The van der Waals surface area contributed by atoms with E-state index in [4.69, 9.17) is 0 Å². The summed E-state index contributed by atoms with van der Waals surface area (Å²) in [4.78, 5) is 0. The highest BCUT2D eigenvalue weighted by molar-refractivity contribution is 4.86. The highest BCUT2D eigenvalue weighted by atomic mass is 19.4. The molecule has 4 nitrogen and oxygen atoms in total. The molecule has 0 amide bonds. The van der Waals surface area contributed by atoms with Crippen LogP contribution in [0, 0.1) is 0 Å². The van der Waals surface area contributed by atoms with Crippen LogP contribution >= 0.6 is 0 Å². The molecule has 0 rings (SSSR count). The van der Waals surface area contributed by atoms with Crippen molar-refractivity contribution < 1.29 is 45.3 Å². The minimum Gasteiger partial charge on any atom is -0.346 e. The topological polar surface area (TPSA) is 36.9 Å². The fourth-order valence-corrected chi connectivity index (χ4v) is 1.65. The Hall–Kier alpha value is -0.580. The molecule has 0 heterocycles. The molecule has 0 spiro atoms. The normalized spacial score (nSPS) is 14.7. The predicted molar refractivity (Wildman–Crippen MR) is 54.8 cm³/mol. The number of halogens is 6. The van der Waals surface area contributed by atoms with Crippen molar-refractivity contribution in [3.8, 4) is 0 Å². The van der Waals surface area contributed by atoms with Gasteiger partial charge in [0.25, 0.3) is 11.6 Å². The molecule has 122 valence electrons. The zero-order valence-corrected chi connectivity index (χ0v) is 11.3. The van der Waals surface area contributed by atoms with Crippen LogP contribution in [0.3, 0.4) is 0 Å². The fraction of sp³-hybridized carbons (Fsp3) is 1.00. The molecule has 0 saturated carbocycles. The minimum absolute atomic E-state index is 0.686. The molecule has 0 unspecified atom stereocenters. The lowest BCUT2D eigenvalue weighted by atomic mass is 10.0. The first kappa shape index (κ1) is 19.4. The van der Waals surface area contributed by atoms with E-state index in [1.165, 1.54) is 0 Å². The molecule has 0 aliphatic heterocycles. The van der Waals surface area contributed by atoms with E-state index in [1.807, 2.05) is 0 Å². The van der Waals surface area contributed by atoms with Crippen LogP contribution < -0.4 is 0 Å². The van der Waals surface area contributed by atoms with Crippen LogP contribution in [0.25, 0.3) is 0 Å². The SMILES string of the molecule is COC(CCC(OC)(OC)C(F)(F)F)(OC)C(F)(F)F. The highest BCUT2D eigenvalue weighted by Gasteiger charge is 2.62. The van der Waals surface area contributed by atoms with Gasteiger partial charge in [-0.05, 0) is 0 Å². The molecule has 0 aliphatic rings. The molecule has 10 heteroatoms. The Morgan fingerprint density at radius 2 is 0.750 bits per heavy atom. The number of alkyl halides is 6. The number of methoxy groups -OCH3 is 4. The van der Waals surface area contributed by atoms with Gasteiger partial charge in [0.1, 0.15) is 0 Å². The maximum Gasteiger partial charge on any atom is 0.443 e. The van der Waals surface area contributed by atoms with E-state index in [2.05, 4.69) is 18.9 Å². The van der Waals surface area contributed by atoms with Crippen LogP contribution in [-0.4, -0.2) is 52.4 Å². The van der Waals surface area contributed by atoms with Crippen molar-refractivity contribution in [2.45, 2.75) is 36.8 Å². The van der Waals surface area contributed by atoms with Gasteiger partial charge in [0.05, 0.1) is 0 Å². The van der Waals surface area contributed by atoms with Crippen molar-refractivity contribution in [3.05, 3.63) is 0 Å². The van der Waals surface area contributed by atoms with Crippen LogP contribution in [0.2, 0.25) is 0 Å². The third-order valence-corrected chi connectivity index (χ3v) is 2.97. The van der Waals surface area contributed by atoms with E-state index in [9.17, 15) is 26.3 Å². The minimum atomic E-state index is -5.02. The predicted octanol–water partition coefficient (Wildman–Crippen LogP) is 2.87. The van der Waals surface area contributed by atoms with Gasteiger partial charge < -0.3 is 18.9 Å². The lowest BCUT2D eigenvalue weighted by Crippen LogP contribution is -2.54. The van der Waals surface area contributed by atoms with Gasteiger partial charge in [0.15, 0.2) is 0 Å². The number of hydrogen-bond acceptors (Lipinski definition) is 4. The highest BCUT2D eigenvalue weighted by Crippen LogP contribution is 2.43. The number of ether oxygens (including phenoxy) is 4. The summed E-state index contributed by atoms with van der Waals surface area (Å²) in [5.41, 5.74) is 0. The summed E-state index contributed by atoms with van der Waals surface area (Å²) in [6.45, 7) is 0. The Morgan fingerprint density at radius 1 is 0.550 bits per heavy atom. The van der Waals surface area contributed by atoms with E-state index < -0.39 is 36.8 Å². The molecule has 0 fully saturated rings. The van der Waals surface area contributed by atoms with E-state index in [0.29, 0.717) is 28.4 Å². The summed E-state index contributed by atoms with van der Waals surface area (Å²) in [5, 5.41) is 0. The van der Waals surface area contributed by atoms with Gasteiger partial charge in [-0.1, -0.05) is 0 Å². The first-order chi connectivity index (χ1) is 8.95. The molecule has 0 bridgehead atoms. The summed E-state index contributed by atoms with van der Waals surface area (Å²) in [6.07, 6.45) is -12.4. The van der Waals surface area contributed by atoms with E-state index >= 15 is 0 Å². The van der Waals surface area contributed by atoms with Crippen molar-refractivity contribution in [1.82, 2.24) is 0 Å². The average Bonchev–Trinajstić information content (AvgIpc) is 2.32. The molecule has 0 aromatic rings. The number of hydrogen-bond donors (Lipinski definition) is 0. The maximum atomic E-state index is 12.8. The Kier molecular flexibility index (Phi) is 6.27. The van der Waals surface area contributed by atoms with Crippen LogP contribution in [0.4, 0.5) is 26.3 Å². The first-order valence-electron chi connectivity index (χ1n) is 5.29. The summed E-state index contributed by atoms with van der Waals surface area (Å²) >= 11 is 0. The van der Waals surface area contributed by atoms with Gasteiger partial charge in [-0.15, -0.1) is 0 Å². The zero-order chi connectivity index (χ0) is 16.2. The van der Waals surface area contributed by atoms with Crippen LogP contribution in [-0.2, 0) is 18.9 Å². The standard InChI is InChI=1S/C10H16F6O4/c1-17-7(18-2,9(11,12)13)5-6-8(19-3,20-4)10(14,15)16/h5-6H2,1-4H3. The second-order valence-corrected chi connectivity index (χ2v) is 3.82. The third kappa shape index (κ3) is 3.54. The molecule has 0 N–H and O–H groups in total. The van der Waals surface area contributed by atoms with E-state index in [1.54, 1.807) is 0 Å². The molecule has 0 aromatic carbocycles. The molecule has 0 radical (unpaired) electrons. The third-order valence-electron chi connectivity index (χ3n) is 2.97. The lowest BCUT2D eigenvalue weighted by Gasteiger charge is -2.37. The Balaban J connectivity index is 5.29. The monoisotopic (exact) mass is 314 g/mol.